The van der Waals surface area contributed by atoms with Gasteiger partial charge in [-0.25, -0.2) is 4.79 Å². The SMILES string of the molecule is CC1(C)C(=O)N(c2ccc(C#N)c(C(F)(F)F)c2)C(=S)N1C1CCCCC1.CCCCN1CCN(CC(=O)Nc2ccc(N3CCC(=O)NC3=O)cc2)CC1. The molecule has 3 heterocycles. The predicted octanol–water partition coefficient (Wildman–Crippen LogP) is 6.11. The Morgan fingerprint density at radius 3 is 2.20 bits per heavy atom. The molecule has 2 aromatic rings. The lowest BCUT2D eigenvalue weighted by Gasteiger charge is -2.39. The van der Waals surface area contributed by atoms with Gasteiger partial charge in [-0.15, -0.1) is 0 Å². The number of nitriles is 1. The molecular formula is C39H49F3N8O4S. The van der Waals surface area contributed by atoms with E-state index < -0.39 is 28.9 Å². The Kier molecular flexibility index (Phi) is 13.5. The van der Waals surface area contributed by atoms with E-state index in [-0.39, 0.29) is 41.0 Å². The summed E-state index contributed by atoms with van der Waals surface area (Å²) in [6.45, 7) is 11.5. The summed E-state index contributed by atoms with van der Waals surface area (Å²) in [6.07, 6.45) is 3.08. The second-order valence-corrected chi connectivity index (χ2v) is 15.2. The van der Waals surface area contributed by atoms with Gasteiger partial charge in [0.25, 0.3) is 5.91 Å². The van der Waals surface area contributed by atoms with Crippen molar-refractivity contribution in [3.8, 4) is 6.07 Å². The molecule has 4 aliphatic rings. The highest BCUT2D eigenvalue weighted by Crippen LogP contribution is 2.40. The van der Waals surface area contributed by atoms with Crippen LogP contribution in [0, 0.1) is 11.3 Å². The number of thiocarbonyl (C=S) groups is 1. The molecule has 1 saturated carbocycles. The van der Waals surface area contributed by atoms with Gasteiger partial charge in [0.15, 0.2) is 5.11 Å². The zero-order valence-electron chi connectivity index (χ0n) is 31.6. The lowest BCUT2D eigenvalue weighted by atomic mass is 9.91. The molecule has 0 unspecified atom stereocenters. The average Bonchev–Trinajstić information content (AvgIpc) is 3.33. The summed E-state index contributed by atoms with van der Waals surface area (Å²) in [5.74, 6) is -0.636. The fraction of sp³-hybridized carbons (Fsp3) is 0.538. The van der Waals surface area contributed by atoms with Crippen molar-refractivity contribution in [3.05, 3.63) is 53.6 Å². The number of benzene rings is 2. The van der Waals surface area contributed by atoms with Crippen molar-refractivity contribution in [2.24, 2.45) is 0 Å². The number of urea groups is 1. The Labute approximate surface area is 325 Å². The molecule has 5 amide bonds. The normalized spacial score (nSPS) is 19.8. The minimum absolute atomic E-state index is 0.0314. The van der Waals surface area contributed by atoms with Crippen LogP contribution < -0.4 is 20.4 Å². The zero-order valence-corrected chi connectivity index (χ0v) is 32.4. The highest BCUT2D eigenvalue weighted by Gasteiger charge is 2.52. The second kappa shape index (κ2) is 17.9. The van der Waals surface area contributed by atoms with Crippen molar-refractivity contribution in [1.82, 2.24) is 20.0 Å². The molecule has 4 fully saturated rings. The summed E-state index contributed by atoms with van der Waals surface area (Å²) in [6, 6.07) is 11.6. The maximum Gasteiger partial charge on any atom is 0.417 e. The van der Waals surface area contributed by atoms with Gasteiger partial charge in [-0.05, 0) is 94.3 Å². The summed E-state index contributed by atoms with van der Waals surface area (Å²) < 4.78 is 40.0. The number of carbonyl (C=O) groups is 4. The first-order valence-corrected chi connectivity index (χ1v) is 19.3. The third-order valence-electron chi connectivity index (χ3n) is 10.5. The van der Waals surface area contributed by atoms with E-state index in [2.05, 4.69) is 27.4 Å². The molecule has 0 bridgehead atoms. The Morgan fingerprint density at radius 2 is 1.60 bits per heavy atom. The highest BCUT2D eigenvalue weighted by atomic mass is 32.1. The molecule has 3 aliphatic heterocycles. The van der Waals surface area contributed by atoms with Crippen LogP contribution in [-0.4, -0.2) is 101 Å². The van der Waals surface area contributed by atoms with Crippen molar-refractivity contribution in [3.63, 3.8) is 0 Å². The highest BCUT2D eigenvalue weighted by molar-refractivity contribution is 7.80. The van der Waals surface area contributed by atoms with Gasteiger partial charge in [0.1, 0.15) is 5.54 Å². The second-order valence-electron chi connectivity index (χ2n) is 14.8. The largest absolute Gasteiger partial charge is 0.417 e. The van der Waals surface area contributed by atoms with Crippen LogP contribution in [0.3, 0.4) is 0 Å². The number of anilines is 3. The number of nitrogens with one attached hydrogen (secondary N) is 2. The molecule has 0 spiro atoms. The summed E-state index contributed by atoms with van der Waals surface area (Å²) >= 11 is 5.53. The van der Waals surface area contributed by atoms with Crippen molar-refractivity contribution < 1.29 is 32.3 Å². The first-order chi connectivity index (χ1) is 26.1. The number of carbonyl (C=O) groups excluding carboxylic acids is 4. The summed E-state index contributed by atoms with van der Waals surface area (Å²) in [5, 5.41) is 14.4. The van der Waals surface area contributed by atoms with E-state index in [4.69, 9.17) is 17.5 Å². The monoisotopic (exact) mass is 782 g/mol. The summed E-state index contributed by atoms with van der Waals surface area (Å²) in [7, 11) is 0. The molecule has 296 valence electrons. The maximum absolute atomic E-state index is 13.3. The molecule has 0 aromatic heterocycles. The Balaban J connectivity index is 0.000000211. The van der Waals surface area contributed by atoms with Crippen LogP contribution in [0.2, 0.25) is 0 Å². The van der Waals surface area contributed by atoms with E-state index in [9.17, 15) is 32.3 Å². The molecule has 55 heavy (non-hydrogen) atoms. The van der Waals surface area contributed by atoms with Gasteiger partial charge in [-0.3, -0.25) is 34.4 Å². The van der Waals surface area contributed by atoms with E-state index in [0.717, 1.165) is 77.0 Å². The van der Waals surface area contributed by atoms with Crippen molar-refractivity contribution in [2.75, 3.05) is 60.9 Å². The number of piperazine rings is 1. The molecular weight excluding hydrogens is 734 g/mol. The number of alkyl halides is 3. The smallest absolute Gasteiger partial charge is 0.331 e. The number of imide groups is 1. The Bertz CT molecular complexity index is 1780. The van der Waals surface area contributed by atoms with Crippen LogP contribution in [-0.2, 0) is 20.6 Å². The van der Waals surface area contributed by atoms with E-state index in [1.165, 1.54) is 28.7 Å². The van der Waals surface area contributed by atoms with Crippen LogP contribution >= 0.6 is 12.2 Å². The fourth-order valence-electron chi connectivity index (χ4n) is 7.48. The molecule has 2 aromatic carbocycles. The summed E-state index contributed by atoms with van der Waals surface area (Å²) in [4.78, 5) is 57.7. The molecule has 6 rings (SSSR count). The number of nitrogens with zero attached hydrogens (tertiary/aromatic N) is 6. The van der Waals surface area contributed by atoms with Gasteiger partial charge in [0.2, 0.25) is 11.8 Å². The van der Waals surface area contributed by atoms with Gasteiger partial charge in [-0.1, -0.05) is 32.6 Å². The van der Waals surface area contributed by atoms with E-state index in [1.807, 2.05) is 4.90 Å². The number of halogens is 3. The summed E-state index contributed by atoms with van der Waals surface area (Å²) in [5.41, 5.74) is -1.03. The van der Waals surface area contributed by atoms with E-state index >= 15 is 0 Å². The van der Waals surface area contributed by atoms with Gasteiger partial charge < -0.3 is 15.1 Å². The third kappa shape index (κ3) is 10.00. The van der Waals surface area contributed by atoms with Crippen LogP contribution in [0.4, 0.5) is 35.0 Å². The van der Waals surface area contributed by atoms with Gasteiger partial charge in [0.05, 0.1) is 29.4 Å². The molecule has 12 nitrogen and oxygen atoms in total. The van der Waals surface area contributed by atoms with Gasteiger partial charge in [-0.2, -0.15) is 18.4 Å². The first kappa shape index (κ1) is 41.6. The minimum Gasteiger partial charge on any atom is -0.331 e. The molecule has 3 saturated heterocycles. The number of rotatable bonds is 9. The molecule has 0 radical (unpaired) electrons. The topological polar surface area (TPSA) is 132 Å². The molecule has 2 N–H and O–H groups in total. The molecule has 0 atom stereocenters. The number of hydrogen-bond acceptors (Lipinski definition) is 8. The minimum atomic E-state index is -4.69. The van der Waals surface area contributed by atoms with E-state index in [1.54, 1.807) is 44.2 Å². The molecule has 1 aliphatic carbocycles. The maximum atomic E-state index is 13.3. The zero-order chi connectivity index (χ0) is 39.9. The quantitative estimate of drug-likeness (QED) is 0.289. The number of unbranched alkanes of at least 4 members (excludes halogenated alkanes) is 1. The Morgan fingerprint density at radius 1 is 0.964 bits per heavy atom. The fourth-order valence-corrected chi connectivity index (χ4v) is 8.05. The lowest BCUT2D eigenvalue weighted by molar-refractivity contribution is -0.137. The lowest BCUT2D eigenvalue weighted by Crippen LogP contribution is -2.50. The molecule has 16 heteroatoms. The van der Waals surface area contributed by atoms with Crippen LogP contribution in [0.25, 0.3) is 0 Å². The van der Waals surface area contributed by atoms with Crippen LogP contribution in [0.1, 0.15) is 83.3 Å². The van der Waals surface area contributed by atoms with Gasteiger partial charge >= 0.3 is 12.2 Å². The van der Waals surface area contributed by atoms with Crippen molar-refractivity contribution in [1.29, 1.82) is 5.26 Å². The van der Waals surface area contributed by atoms with Crippen LogP contribution in [0.15, 0.2) is 42.5 Å². The average molecular weight is 783 g/mol. The standard InChI is InChI=1S/C20H29N5O3.C19H20F3N3OS/c1-2-3-9-23-11-13-24(14-12-23)15-19(27)21-16-4-6-17(7-5-16)25-10-8-18(26)22-20(25)28;1-18(2)16(26)24(17(27)25(18)13-6-4-3-5-7-13)14-9-8-12(11-23)15(10-14)19(20,21)22/h4-7H,2-3,8-15H2,1H3,(H,21,27)(H,22,26,28);8-10,13H,3-7H2,1-2H3. The van der Waals surface area contributed by atoms with Crippen molar-refractivity contribution >= 4 is 58.1 Å². The van der Waals surface area contributed by atoms with Gasteiger partial charge in [0, 0.05) is 56.6 Å². The number of amides is 5. The number of hydrogen-bond donors (Lipinski definition) is 2. The van der Waals surface area contributed by atoms with E-state index in [0.29, 0.717) is 24.5 Å². The third-order valence-corrected chi connectivity index (χ3v) is 10.9. The predicted molar refractivity (Wildman–Crippen MR) is 207 cm³/mol. The Hall–Kier alpha value is -4.59. The van der Waals surface area contributed by atoms with Crippen LogP contribution in [0.5, 0.6) is 0 Å². The van der Waals surface area contributed by atoms with Crippen molar-refractivity contribution in [2.45, 2.75) is 89.9 Å². The first-order valence-electron chi connectivity index (χ1n) is 18.9.